The summed E-state index contributed by atoms with van der Waals surface area (Å²) in [6.07, 6.45) is -0.307. The van der Waals surface area contributed by atoms with Gasteiger partial charge >= 0.3 is 0 Å². The SMILES string of the molecule is CC(C)NCC(O)CSc1ccc2ccccc2c1.Cl. The number of benzene rings is 2. The highest BCUT2D eigenvalue weighted by Crippen LogP contribution is 2.24. The van der Waals surface area contributed by atoms with Crippen LogP contribution in [0.1, 0.15) is 13.8 Å². The van der Waals surface area contributed by atoms with Crippen molar-refractivity contribution in [2.45, 2.75) is 30.9 Å². The average Bonchev–Trinajstić information content (AvgIpc) is 2.42. The van der Waals surface area contributed by atoms with Crippen molar-refractivity contribution in [3.8, 4) is 0 Å². The lowest BCUT2D eigenvalue weighted by Crippen LogP contribution is -2.33. The number of aliphatic hydroxyl groups is 1. The zero-order valence-electron chi connectivity index (χ0n) is 11.9. The summed E-state index contributed by atoms with van der Waals surface area (Å²) in [5.41, 5.74) is 0. The van der Waals surface area contributed by atoms with E-state index < -0.39 is 0 Å². The lowest BCUT2D eigenvalue weighted by atomic mass is 10.1. The Kier molecular flexibility index (Phi) is 7.38. The smallest absolute Gasteiger partial charge is 0.0758 e. The van der Waals surface area contributed by atoms with Gasteiger partial charge in [0.05, 0.1) is 6.10 Å². The predicted molar refractivity (Wildman–Crippen MR) is 91.1 cm³/mol. The quantitative estimate of drug-likeness (QED) is 0.798. The van der Waals surface area contributed by atoms with Crippen molar-refractivity contribution in [1.29, 1.82) is 0 Å². The zero-order valence-corrected chi connectivity index (χ0v) is 13.5. The molecular weight excluding hydrogens is 290 g/mol. The van der Waals surface area contributed by atoms with E-state index >= 15 is 0 Å². The Morgan fingerprint density at radius 1 is 1.10 bits per heavy atom. The second-order valence-electron chi connectivity index (χ2n) is 5.04. The number of hydrogen-bond acceptors (Lipinski definition) is 3. The predicted octanol–water partition coefficient (Wildman–Crippen LogP) is 3.71. The molecule has 1 unspecified atom stereocenters. The molecule has 2 nitrogen and oxygen atoms in total. The molecule has 2 aromatic rings. The molecule has 20 heavy (non-hydrogen) atoms. The molecule has 0 heterocycles. The van der Waals surface area contributed by atoms with Gasteiger partial charge in [0.25, 0.3) is 0 Å². The topological polar surface area (TPSA) is 32.3 Å². The molecular formula is C16H22ClNOS. The number of halogens is 1. The van der Waals surface area contributed by atoms with Crippen LogP contribution >= 0.6 is 24.2 Å². The fraction of sp³-hybridized carbons (Fsp3) is 0.375. The second kappa shape index (κ2) is 8.53. The number of fused-ring (bicyclic) bond motifs is 1. The van der Waals surface area contributed by atoms with Gasteiger partial charge in [-0.2, -0.15) is 0 Å². The minimum absolute atomic E-state index is 0. The third-order valence-electron chi connectivity index (χ3n) is 2.93. The second-order valence-corrected chi connectivity index (χ2v) is 6.13. The van der Waals surface area contributed by atoms with Crippen molar-refractivity contribution < 1.29 is 5.11 Å². The summed E-state index contributed by atoms with van der Waals surface area (Å²) in [5.74, 6) is 0.720. The molecule has 2 N–H and O–H groups in total. The van der Waals surface area contributed by atoms with Crippen molar-refractivity contribution in [1.82, 2.24) is 5.32 Å². The van der Waals surface area contributed by atoms with Gasteiger partial charge in [-0.25, -0.2) is 0 Å². The van der Waals surface area contributed by atoms with Crippen LogP contribution in [0, 0.1) is 0 Å². The van der Waals surface area contributed by atoms with Gasteiger partial charge in [-0.15, -0.1) is 24.2 Å². The molecule has 0 spiro atoms. The summed E-state index contributed by atoms with van der Waals surface area (Å²) in [6.45, 7) is 4.82. The lowest BCUT2D eigenvalue weighted by Gasteiger charge is -2.13. The van der Waals surface area contributed by atoms with Gasteiger partial charge in [-0.05, 0) is 22.9 Å². The first-order valence-electron chi connectivity index (χ1n) is 6.68. The van der Waals surface area contributed by atoms with E-state index in [2.05, 4.69) is 61.6 Å². The summed E-state index contributed by atoms with van der Waals surface area (Å²) < 4.78 is 0. The van der Waals surface area contributed by atoms with Gasteiger partial charge in [0, 0.05) is 23.2 Å². The molecule has 0 radical (unpaired) electrons. The van der Waals surface area contributed by atoms with Crippen LogP contribution in [0.3, 0.4) is 0 Å². The van der Waals surface area contributed by atoms with Crippen LogP contribution in [0.15, 0.2) is 47.4 Å². The van der Waals surface area contributed by atoms with E-state index in [-0.39, 0.29) is 18.5 Å². The van der Waals surface area contributed by atoms with Gasteiger partial charge in [0.1, 0.15) is 0 Å². The zero-order chi connectivity index (χ0) is 13.7. The Balaban J connectivity index is 0.00000200. The number of thioether (sulfide) groups is 1. The normalized spacial score (nSPS) is 12.4. The van der Waals surface area contributed by atoms with Crippen LogP contribution in [0.5, 0.6) is 0 Å². The summed E-state index contributed by atoms with van der Waals surface area (Å²) in [5, 5.41) is 15.6. The monoisotopic (exact) mass is 311 g/mol. The van der Waals surface area contributed by atoms with Crippen LogP contribution in [-0.2, 0) is 0 Å². The Labute approximate surface area is 131 Å². The van der Waals surface area contributed by atoms with E-state index in [0.717, 1.165) is 5.75 Å². The van der Waals surface area contributed by atoms with E-state index in [4.69, 9.17) is 0 Å². The molecule has 0 aromatic heterocycles. The number of nitrogens with one attached hydrogen (secondary N) is 1. The highest BCUT2D eigenvalue weighted by Gasteiger charge is 2.06. The van der Waals surface area contributed by atoms with Gasteiger partial charge in [0.15, 0.2) is 0 Å². The van der Waals surface area contributed by atoms with Crippen LogP contribution in [-0.4, -0.2) is 29.5 Å². The highest BCUT2D eigenvalue weighted by molar-refractivity contribution is 7.99. The largest absolute Gasteiger partial charge is 0.391 e. The molecule has 2 aromatic carbocycles. The first-order chi connectivity index (χ1) is 9.15. The van der Waals surface area contributed by atoms with E-state index in [1.165, 1.54) is 15.7 Å². The molecule has 110 valence electrons. The maximum atomic E-state index is 9.89. The van der Waals surface area contributed by atoms with Crippen LogP contribution in [0.4, 0.5) is 0 Å². The van der Waals surface area contributed by atoms with Crippen molar-refractivity contribution in [3.05, 3.63) is 42.5 Å². The number of hydrogen-bond donors (Lipinski definition) is 2. The summed E-state index contributed by atoms with van der Waals surface area (Å²) >= 11 is 1.71. The number of aliphatic hydroxyl groups excluding tert-OH is 1. The standard InChI is InChI=1S/C16H21NOS.ClH/c1-12(2)17-10-15(18)11-19-16-8-7-13-5-3-4-6-14(13)9-16;/h3-9,12,15,17-18H,10-11H2,1-2H3;1H. The van der Waals surface area contributed by atoms with Crippen molar-refractivity contribution >= 4 is 34.9 Å². The van der Waals surface area contributed by atoms with Crippen LogP contribution in [0.25, 0.3) is 10.8 Å². The molecule has 0 bridgehead atoms. The van der Waals surface area contributed by atoms with Crippen LogP contribution < -0.4 is 5.32 Å². The molecule has 0 saturated heterocycles. The Morgan fingerprint density at radius 2 is 1.80 bits per heavy atom. The van der Waals surface area contributed by atoms with Gasteiger partial charge in [-0.1, -0.05) is 44.2 Å². The summed E-state index contributed by atoms with van der Waals surface area (Å²) in [7, 11) is 0. The molecule has 0 fully saturated rings. The first kappa shape index (κ1) is 17.3. The third kappa shape index (κ3) is 5.33. The van der Waals surface area contributed by atoms with Crippen molar-refractivity contribution in [3.63, 3.8) is 0 Å². The molecule has 2 rings (SSSR count). The molecule has 4 heteroatoms. The third-order valence-corrected chi connectivity index (χ3v) is 4.06. The number of rotatable bonds is 6. The average molecular weight is 312 g/mol. The molecule has 0 amide bonds. The Hall–Kier alpha value is -0.740. The summed E-state index contributed by atoms with van der Waals surface area (Å²) in [6, 6.07) is 15.2. The first-order valence-corrected chi connectivity index (χ1v) is 7.67. The fourth-order valence-corrected chi connectivity index (χ4v) is 2.76. The fourth-order valence-electron chi connectivity index (χ4n) is 1.88. The minimum atomic E-state index is -0.307. The maximum absolute atomic E-state index is 9.89. The molecule has 0 aliphatic rings. The molecule has 0 saturated carbocycles. The van der Waals surface area contributed by atoms with Gasteiger partial charge < -0.3 is 10.4 Å². The lowest BCUT2D eigenvalue weighted by molar-refractivity contribution is 0.192. The van der Waals surface area contributed by atoms with Crippen molar-refractivity contribution in [2.24, 2.45) is 0 Å². The molecule has 0 aliphatic heterocycles. The van der Waals surface area contributed by atoms with Crippen LogP contribution in [0.2, 0.25) is 0 Å². The Morgan fingerprint density at radius 3 is 2.50 bits per heavy atom. The van der Waals surface area contributed by atoms with E-state index in [0.29, 0.717) is 12.6 Å². The molecule has 1 atom stereocenters. The van der Waals surface area contributed by atoms with E-state index in [1.807, 2.05) is 0 Å². The molecule has 0 aliphatic carbocycles. The van der Waals surface area contributed by atoms with E-state index in [9.17, 15) is 5.11 Å². The minimum Gasteiger partial charge on any atom is -0.391 e. The Bertz CT molecular complexity index is 533. The van der Waals surface area contributed by atoms with Gasteiger partial charge in [-0.3, -0.25) is 0 Å². The van der Waals surface area contributed by atoms with E-state index in [1.54, 1.807) is 11.8 Å². The van der Waals surface area contributed by atoms with Gasteiger partial charge in [0.2, 0.25) is 0 Å². The van der Waals surface area contributed by atoms with Crippen molar-refractivity contribution in [2.75, 3.05) is 12.3 Å². The highest BCUT2D eigenvalue weighted by atomic mass is 35.5. The maximum Gasteiger partial charge on any atom is 0.0758 e. The summed E-state index contributed by atoms with van der Waals surface area (Å²) in [4.78, 5) is 1.21.